The van der Waals surface area contributed by atoms with E-state index in [-0.39, 0.29) is 5.78 Å². The minimum Gasteiger partial charge on any atom is -0.296 e. The Hall–Kier alpha value is -1.15. The Labute approximate surface area is 110 Å². The highest BCUT2D eigenvalue weighted by molar-refractivity contribution is 5.98. The number of ketones is 1. The molecule has 2 rings (SSSR count). The molecule has 98 valence electrons. The standard InChI is InChI=1S/C16H23NO/c1-12-6-7-15(14(3)9-12)16(18)11-17-8-4-5-13(2)10-17/h6-7,9,13H,4-5,8,10-11H2,1-3H3. The fourth-order valence-corrected chi connectivity index (χ4v) is 2.85. The molecule has 1 aliphatic rings. The van der Waals surface area contributed by atoms with Crippen LogP contribution in [0.25, 0.3) is 0 Å². The number of nitrogens with zero attached hydrogens (tertiary/aromatic N) is 1. The Morgan fingerprint density at radius 2 is 2.17 bits per heavy atom. The molecule has 0 spiro atoms. The van der Waals surface area contributed by atoms with Gasteiger partial charge in [0.1, 0.15) is 0 Å². The van der Waals surface area contributed by atoms with E-state index < -0.39 is 0 Å². The second-order valence-electron chi connectivity index (χ2n) is 5.72. The van der Waals surface area contributed by atoms with Crippen molar-refractivity contribution < 1.29 is 4.79 Å². The summed E-state index contributed by atoms with van der Waals surface area (Å²) < 4.78 is 0. The van der Waals surface area contributed by atoms with Gasteiger partial charge in [0.2, 0.25) is 0 Å². The maximum atomic E-state index is 12.3. The van der Waals surface area contributed by atoms with E-state index in [1.54, 1.807) is 0 Å². The average Bonchev–Trinajstić information content (AvgIpc) is 2.28. The average molecular weight is 245 g/mol. The summed E-state index contributed by atoms with van der Waals surface area (Å²) in [4.78, 5) is 14.6. The van der Waals surface area contributed by atoms with Gasteiger partial charge in [-0.05, 0) is 44.7 Å². The van der Waals surface area contributed by atoms with Crippen LogP contribution < -0.4 is 0 Å². The number of rotatable bonds is 3. The Kier molecular flexibility index (Phi) is 4.18. The molecule has 1 saturated heterocycles. The number of aryl methyl sites for hydroxylation is 2. The molecule has 0 amide bonds. The number of carbonyl (C=O) groups is 1. The van der Waals surface area contributed by atoms with Crippen LogP contribution in [0.3, 0.4) is 0 Å². The van der Waals surface area contributed by atoms with Gasteiger partial charge >= 0.3 is 0 Å². The van der Waals surface area contributed by atoms with E-state index in [0.717, 1.165) is 30.1 Å². The van der Waals surface area contributed by atoms with E-state index in [1.807, 2.05) is 19.1 Å². The van der Waals surface area contributed by atoms with E-state index >= 15 is 0 Å². The van der Waals surface area contributed by atoms with E-state index in [4.69, 9.17) is 0 Å². The van der Waals surface area contributed by atoms with Gasteiger partial charge in [0.25, 0.3) is 0 Å². The predicted molar refractivity (Wildman–Crippen MR) is 75.1 cm³/mol. The summed E-state index contributed by atoms with van der Waals surface area (Å²) in [5.41, 5.74) is 3.21. The maximum Gasteiger partial charge on any atom is 0.177 e. The first kappa shape index (κ1) is 13.3. The lowest BCUT2D eigenvalue weighted by Gasteiger charge is -2.30. The summed E-state index contributed by atoms with van der Waals surface area (Å²) in [5.74, 6) is 0.993. The number of likely N-dealkylation sites (tertiary alicyclic amines) is 1. The van der Waals surface area contributed by atoms with Crippen molar-refractivity contribution in [3.63, 3.8) is 0 Å². The fraction of sp³-hybridized carbons (Fsp3) is 0.562. The second-order valence-corrected chi connectivity index (χ2v) is 5.72. The zero-order chi connectivity index (χ0) is 13.1. The van der Waals surface area contributed by atoms with Crippen LogP contribution in [0.2, 0.25) is 0 Å². The Morgan fingerprint density at radius 1 is 1.39 bits per heavy atom. The number of carbonyl (C=O) groups excluding carboxylic acids is 1. The fourth-order valence-electron chi connectivity index (χ4n) is 2.85. The van der Waals surface area contributed by atoms with Gasteiger partial charge < -0.3 is 0 Å². The minimum atomic E-state index is 0.265. The lowest BCUT2D eigenvalue weighted by Crippen LogP contribution is -2.38. The number of hydrogen-bond acceptors (Lipinski definition) is 2. The zero-order valence-corrected chi connectivity index (χ0v) is 11.7. The molecule has 2 heteroatoms. The van der Waals surface area contributed by atoms with Gasteiger partial charge in [-0.15, -0.1) is 0 Å². The number of piperidine rings is 1. The zero-order valence-electron chi connectivity index (χ0n) is 11.7. The first-order valence-electron chi connectivity index (χ1n) is 6.89. The van der Waals surface area contributed by atoms with Crippen LogP contribution in [-0.2, 0) is 0 Å². The van der Waals surface area contributed by atoms with E-state index in [0.29, 0.717) is 6.54 Å². The lowest BCUT2D eigenvalue weighted by molar-refractivity contribution is 0.0892. The highest BCUT2D eigenvalue weighted by Crippen LogP contribution is 2.17. The molecule has 1 fully saturated rings. The molecule has 1 aliphatic heterocycles. The molecule has 0 aliphatic carbocycles. The highest BCUT2D eigenvalue weighted by Gasteiger charge is 2.19. The van der Waals surface area contributed by atoms with Crippen molar-refractivity contribution in [2.24, 2.45) is 5.92 Å². The van der Waals surface area contributed by atoms with Crippen LogP contribution in [0.5, 0.6) is 0 Å². The van der Waals surface area contributed by atoms with E-state index in [1.165, 1.54) is 18.4 Å². The monoisotopic (exact) mass is 245 g/mol. The molecule has 1 atom stereocenters. The first-order valence-corrected chi connectivity index (χ1v) is 6.89. The van der Waals surface area contributed by atoms with Crippen molar-refractivity contribution in [2.75, 3.05) is 19.6 Å². The van der Waals surface area contributed by atoms with Gasteiger partial charge in [-0.1, -0.05) is 30.7 Å². The summed E-state index contributed by atoms with van der Waals surface area (Å²) in [6.07, 6.45) is 2.52. The van der Waals surface area contributed by atoms with Crippen LogP contribution in [0.1, 0.15) is 41.3 Å². The second kappa shape index (κ2) is 5.66. The molecule has 18 heavy (non-hydrogen) atoms. The summed E-state index contributed by atoms with van der Waals surface area (Å²) in [7, 11) is 0. The maximum absolute atomic E-state index is 12.3. The van der Waals surface area contributed by atoms with Crippen LogP contribution in [-0.4, -0.2) is 30.3 Å². The largest absolute Gasteiger partial charge is 0.296 e. The van der Waals surface area contributed by atoms with Crippen LogP contribution >= 0.6 is 0 Å². The Morgan fingerprint density at radius 3 is 2.83 bits per heavy atom. The Balaban J connectivity index is 2.03. The molecule has 0 aromatic heterocycles. The van der Waals surface area contributed by atoms with Crippen LogP contribution in [0.15, 0.2) is 18.2 Å². The summed E-state index contributed by atoms with van der Waals surface area (Å²) in [5, 5.41) is 0. The minimum absolute atomic E-state index is 0.265. The normalized spacial score (nSPS) is 20.9. The Bertz CT molecular complexity index is 439. The summed E-state index contributed by atoms with van der Waals surface area (Å²) in [6.45, 7) is 9.08. The third-order valence-electron chi connectivity index (χ3n) is 3.79. The van der Waals surface area contributed by atoms with Crippen molar-refractivity contribution in [3.8, 4) is 0 Å². The van der Waals surface area contributed by atoms with Crippen LogP contribution in [0, 0.1) is 19.8 Å². The van der Waals surface area contributed by atoms with Crippen molar-refractivity contribution in [1.82, 2.24) is 4.90 Å². The molecule has 1 unspecified atom stereocenters. The van der Waals surface area contributed by atoms with Gasteiger partial charge in [-0.2, -0.15) is 0 Å². The number of hydrogen-bond donors (Lipinski definition) is 0. The topological polar surface area (TPSA) is 20.3 Å². The van der Waals surface area contributed by atoms with Crippen molar-refractivity contribution >= 4 is 5.78 Å². The molecule has 0 N–H and O–H groups in total. The number of benzene rings is 1. The third-order valence-corrected chi connectivity index (χ3v) is 3.79. The van der Waals surface area contributed by atoms with Gasteiger partial charge in [0, 0.05) is 12.1 Å². The molecule has 1 aromatic carbocycles. The highest BCUT2D eigenvalue weighted by atomic mass is 16.1. The van der Waals surface area contributed by atoms with E-state index in [9.17, 15) is 4.79 Å². The van der Waals surface area contributed by atoms with E-state index in [2.05, 4.69) is 24.8 Å². The molecular weight excluding hydrogens is 222 g/mol. The first-order chi connectivity index (χ1) is 8.56. The molecule has 0 bridgehead atoms. The predicted octanol–water partition coefficient (Wildman–Crippen LogP) is 3.22. The van der Waals surface area contributed by atoms with Crippen molar-refractivity contribution in [1.29, 1.82) is 0 Å². The molecule has 0 saturated carbocycles. The van der Waals surface area contributed by atoms with Crippen molar-refractivity contribution in [3.05, 3.63) is 34.9 Å². The van der Waals surface area contributed by atoms with Gasteiger partial charge in [-0.3, -0.25) is 9.69 Å². The van der Waals surface area contributed by atoms with Gasteiger partial charge in [0.15, 0.2) is 5.78 Å². The lowest BCUT2D eigenvalue weighted by atomic mass is 9.98. The quantitative estimate of drug-likeness (QED) is 0.762. The third kappa shape index (κ3) is 3.20. The molecule has 1 heterocycles. The van der Waals surface area contributed by atoms with Crippen LogP contribution in [0.4, 0.5) is 0 Å². The smallest absolute Gasteiger partial charge is 0.177 e. The van der Waals surface area contributed by atoms with Crippen molar-refractivity contribution in [2.45, 2.75) is 33.6 Å². The van der Waals surface area contributed by atoms with Gasteiger partial charge in [0.05, 0.1) is 6.54 Å². The summed E-state index contributed by atoms with van der Waals surface area (Å²) >= 11 is 0. The SMILES string of the molecule is Cc1ccc(C(=O)CN2CCCC(C)C2)c(C)c1. The molecule has 2 nitrogen and oxygen atoms in total. The molecule has 1 aromatic rings. The molecular formula is C16H23NO. The molecule has 0 radical (unpaired) electrons. The number of Topliss-reactive ketones (excluding diaryl/α,β-unsaturated/α-hetero) is 1. The van der Waals surface area contributed by atoms with Gasteiger partial charge in [-0.25, -0.2) is 0 Å². The summed E-state index contributed by atoms with van der Waals surface area (Å²) in [6, 6.07) is 6.09.